The zero-order valence-corrected chi connectivity index (χ0v) is 22.1. The second kappa shape index (κ2) is 11.6. The molecule has 1 unspecified atom stereocenters. The lowest BCUT2D eigenvalue weighted by atomic mass is 10.0. The van der Waals surface area contributed by atoms with Gasteiger partial charge in [0.05, 0.1) is 46.5 Å². The van der Waals surface area contributed by atoms with Crippen LogP contribution in [0.4, 0.5) is 15.8 Å². The van der Waals surface area contributed by atoms with E-state index in [4.69, 9.17) is 16.5 Å². The number of pyridine rings is 2. The van der Waals surface area contributed by atoms with Crippen molar-refractivity contribution in [2.24, 2.45) is 16.9 Å². The van der Waals surface area contributed by atoms with Gasteiger partial charge in [-0.3, -0.25) is 14.8 Å². The third-order valence-corrected chi connectivity index (χ3v) is 7.35. The van der Waals surface area contributed by atoms with Gasteiger partial charge in [-0.1, -0.05) is 0 Å². The van der Waals surface area contributed by atoms with E-state index in [1.165, 1.54) is 18.7 Å². The molecule has 200 valence electrons. The van der Waals surface area contributed by atoms with E-state index in [-0.39, 0.29) is 5.57 Å². The monoisotopic (exact) mass is 517 g/mol. The van der Waals surface area contributed by atoms with E-state index >= 15 is 0 Å². The zero-order valence-electron chi connectivity index (χ0n) is 22.1. The number of piperidine rings is 1. The molecule has 1 aliphatic heterocycles. The molecule has 1 atom stereocenters. The molecule has 1 aliphatic carbocycles. The van der Waals surface area contributed by atoms with Crippen molar-refractivity contribution in [3.63, 3.8) is 0 Å². The third kappa shape index (κ3) is 6.13. The Balaban J connectivity index is 1.60. The summed E-state index contributed by atoms with van der Waals surface area (Å²) in [7, 11) is 0. The fourth-order valence-electron chi connectivity index (χ4n) is 4.75. The molecule has 2 aliphatic rings. The molecule has 5 N–H and O–H groups in total. The normalized spacial score (nSPS) is 18.0. The number of nitrogens with one attached hydrogen (secondary N) is 1. The molecule has 2 aromatic rings. The van der Waals surface area contributed by atoms with Gasteiger partial charge in [-0.05, 0) is 77.0 Å². The van der Waals surface area contributed by atoms with Crippen molar-refractivity contribution in [1.82, 2.24) is 9.97 Å². The van der Waals surface area contributed by atoms with Crippen LogP contribution in [0.15, 0.2) is 48.1 Å². The topological polar surface area (TPSA) is 134 Å². The smallest absolute Gasteiger partial charge is 0.257 e. The number of aryl methyl sites for hydroxylation is 2. The molecule has 4 rings (SSSR count). The minimum absolute atomic E-state index is 0.173. The number of carbonyl (C=O) groups is 1. The van der Waals surface area contributed by atoms with E-state index < -0.39 is 17.5 Å². The van der Waals surface area contributed by atoms with Gasteiger partial charge in [-0.2, -0.15) is 5.26 Å². The molecule has 0 bridgehead atoms. The number of rotatable bonds is 9. The second-order valence-electron chi connectivity index (χ2n) is 10.3. The maximum absolute atomic E-state index is 13.6. The number of amides is 1. The number of hydrogen-bond acceptors (Lipinski definition) is 7. The molecule has 0 aromatic carbocycles. The minimum Gasteiger partial charge on any atom is -0.404 e. The zero-order chi connectivity index (χ0) is 27.3. The highest BCUT2D eigenvalue weighted by Gasteiger charge is 2.46. The molecule has 0 radical (unpaired) electrons. The van der Waals surface area contributed by atoms with E-state index in [1.54, 1.807) is 19.3 Å². The van der Waals surface area contributed by atoms with Crippen molar-refractivity contribution in [2.45, 2.75) is 65.0 Å². The molecule has 8 nitrogen and oxygen atoms in total. The van der Waals surface area contributed by atoms with Gasteiger partial charge in [0.15, 0.2) is 0 Å². The molecule has 0 spiro atoms. The lowest BCUT2D eigenvalue weighted by Crippen LogP contribution is -2.30. The Kier molecular flexibility index (Phi) is 8.30. The Hall–Kier alpha value is -3.93. The van der Waals surface area contributed by atoms with Crippen LogP contribution in [-0.2, 0) is 11.2 Å². The van der Waals surface area contributed by atoms with E-state index in [0.717, 1.165) is 54.1 Å². The van der Waals surface area contributed by atoms with E-state index in [0.29, 0.717) is 37.1 Å². The van der Waals surface area contributed by atoms with Gasteiger partial charge in [0, 0.05) is 48.0 Å². The molecule has 1 saturated carbocycles. The summed E-state index contributed by atoms with van der Waals surface area (Å²) in [6.07, 6.45) is 11.0. The summed E-state index contributed by atoms with van der Waals surface area (Å²) >= 11 is 0. The van der Waals surface area contributed by atoms with Crippen LogP contribution in [0.1, 0.15) is 56.8 Å². The Labute approximate surface area is 223 Å². The predicted octanol–water partition coefficient (Wildman–Crippen LogP) is 4.66. The number of aromatic nitrogens is 2. The average Bonchev–Trinajstić information content (AvgIpc) is 3.73. The molecule has 3 heterocycles. The second-order valence-corrected chi connectivity index (χ2v) is 10.3. The minimum atomic E-state index is -0.884. The summed E-state index contributed by atoms with van der Waals surface area (Å²) < 4.78 is 13.6. The maximum Gasteiger partial charge on any atom is 0.257 e. The molecule has 1 amide bonds. The summed E-state index contributed by atoms with van der Waals surface area (Å²) in [5, 5.41) is 12.2. The van der Waals surface area contributed by atoms with Crippen molar-refractivity contribution >= 4 is 17.3 Å². The number of carbonyl (C=O) groups excluding carboxylic acids is 1. The van der Waals surface area contributed by atoms with Gasteiger partial charge in [-0.15, -0.1) is 0 Å². The first-order chi connectivity index (χ1) is 18.3. The van der Waals surface area contributed by atoms with Crippen molar-refractivity contribution in [3.8, 4) is 17.2 Å². The summed E-state index contributed by atoms with van der Waals surface area (Å²) in [5.41, 5.74) is 16.6. The standard InChI is InChI=1S/C29H36FN7O/c1-19(30)6-7-25-26(37-10-4-3-5-11-37)12-22(16-35-25)24-14-23(17-34-20(24)2)36-28(38)21(15-31)13-27(33)29(18-32)8-9-29/h12-17,19H,3-11,31,33H2,1-2H3,(H,36,38)/b21-15+,27-13-. The number of halogens is 1. The van der Waals surface area contributed by atoms with Crippen molar-refractivity contribution in [2.75, 3.05) is 23.3 Å². The highest BCUT2D eigenvalue weighted by Crippen LogP contribution is 2.49. The summed E-state index contributed by atoms with van der Waals surface area (Å²) in [6, 6.07) is 6.19. The highest BCUT2D eigenvalue weighted by molar-refractivity contribution is 6.06. The van der Waals surface area contributed by atoms with Crippen molar-refractivity contribution in [1.29, 1.82) is 5.26 Å². The molecule has 1 saturated heterocycles. The van der Waals surface area contributed by atoms with Gasteiger partial charge in [0.1, 0.15) is 0 Å². The first-order valence-corrected chi connectivity index (χ1v) is 13.2. The van der Waals surface area contributed by atoms with Crippen LogP contribution in [0.3, 0.4) is 0 Å². The van der Waals surface area contributed by atoms with Crippen LogP contribution in [0.5, 0.6) is 0 Å². The maximum atomic E-state index is 13.6. The van der Waals surface area contributed by atoms with E-state index in [9.17, 15) is 14.4 Å². The summed E-state index contributed by atoms with van der Waals surface area (Å²) in [4.78, 5) is 24.6. The van der Waals surface area contributed by atoms with Gasteiger partial charge in [-0.25, -0.2) is 4.39 Å². The molecule has 9 heteroatoms. The van der Waals surface area contributed by atoms with Crippen LogP contribution in [-0.4, -0.2) is 35.1 Å². The Bertz CT molecular complexity index is 1280. The lowest BCUT2D eigenvalue weighted by Gasteiger charge is -2.30. The number of nitrogens with two attached hydrogens (primary N) is 2. The van der Waals surface area contributed by atoms with E-state index in [1.807, 2.05) is 13.0 Å². The van der Waals surface area contributed by atoms with Crippen LogP contribution in [0.25, 0.3) is 11.1 Å². The van der Waals surface area contributed by atoms with Gasteiger partial charge >= 0.3 is 0 Å². The van der Waals surface area contributed by atoms with Crippen molar-refractivity contribution < 1.29 is 9.18 Å². The van der Waals surface area contributed by atoms with Crippen LogP contribution < -0.4 is 21.7 Å². The molecule has 2 aromatic heterocycles. The quantitative estimate of drug-likeness (QED) is 0.325. The Morgan fingerprint density at radius 2 is 2.00 bits per heavy atom. The number of alkyl halides is 1. The van der Waals surface area contributed by atoms with E-state index in [2.05, 4.69) is 27.3 Å². The lowest BCUT2D eigenvalue weighted by molar-refractivity contribution is -0.112. The van der Waals surface area contributed by atoms with Gasteiger partial charge < -0.3 is 21.7 Å². The van der Waals surface area contributed by atoms with Crippen LogP contribution >= 0.6 is 0 Å². The number of nitriles is 1. The number of hydrogen-bond donors (Lipinski definition) is 3. The molecule has 2 fully saturated rings. The SMILES string of the molecule is Cc1ncc(NC(=O)C(/C=C(\N)C2(C#N)CC2)=C/N)cc1-c1cnc(CCC(C)F)c(N2CCCCC2)c1. The third-order valence-electron chi connectivity index (χ3n) is 7.35. The first-order valence-electron chi connectivity index (χ1n) is 13.2. The van der Waals surface area contributed by atoms with Gasteiger partial charge in [0.2, 0.25) is 0 Å². The average molecular weight is 518 g/mol. The van der Waals surface area contributed by atoms with Crippen LogP contribution in [0, 0.1) is 23.7 Å². The van der Waals surface area contributed by atoms with Crippen LogP contribution in [0.2, 0.25) is 0 Å². The summed E-state index contributed by atoms with van der Waals surface area (Å²) in [5.74, 6) is -0.441. The predicted molar refractivity (Wildman–Crippen MR) is 148 cm³/mol. The first kappa shape index (κ1) is 27.1. The van der Waals surface area contributed by atoms with Gasteiger partial charge in [0.25, 0.3) is 5.91 Å². The fraction of sp³-hybridized carbons (Fsp3) is 0.448. The molecule has 38 heavy (non-hydrogen) atoms. The number of allylic oxidation sites excluding steroid dienone is 1. The molecular formula is C29H36FN7O. The Morgan fingerprint density at radius 3 is 2.63 bits per heavy atom. The fourth-order valence-corrected chi connectivity index (χ4v) is 4.75. The Morgan fingerprint density at radius 1 is 1.26 bits per heavy atom. The molecular weight excluding hydrogens is 481 g/mol. The highest BCUT2D eigenvalue weighted by atomic mass is 19.1. The largest absolute Gasteiger partial charge is 0.404 e. The summed E-state index contributed by atoms with van der Waals surface area (Å²) in [6.45, 7) is 5.39. The van der Waals surface area contributed by atoms with Crippen molar-refractivity contribution in [3.05, 3.63) is 59.5 Å². The number of nitrogens with zero attached hydrogens (tertiary/aromatic N) is 4. The number of anilines is 2.